The minimum Gasteiger partial charge on any atom is -0.378 e. The van der Waals surface area contributed by atoms with Gasteiger partial charge in [0.15, 0.2) is 0 Å². The fourth-order valence-electron chi connectivity index (χ4n) is 2.01. The second kappa shape index (κ2) is 5.34. The zero-order valence-corrected chi connectivity index (χ0v) is 13.2. The van der Waals surface area contributed by atoms with E-state index in [1.165, 1.54) is 4.52 Å². The molecule has 6 nitrogen and oxygen atoms in total. The van der Waals surface area contributed by atoms with Crippen molar-refractivity contribution in [3.63, 3.8) is 0 Å². The van der Waals surface area contributed by atoms with E-state index in [2.05, 4.69) is 10.1 Å². The highest BCUT2D eigenvalue weighted by molar-refractivity contribution is 7.15. The molecule has 2 aromatic heterocycles. The second-order valence-corrected chi connectivity index (χ2v) is 6.11. The molecule has 0 radical (unpaired) electrons. The highest BCUT2D eigenvalue weighted by atomic mass is 32.1. The van der Waals surface area contributed by atoms with Crippen LogP contribution in [0.3, 0.4) is 0 Å². The Hall–Kier alpha value is -2.54. The molecule has 0 spiro atoms. The van der Waals surface area contributed by atoms with Crippen molar-refractivity contribution in [3.05, 3.63) is 60.8 Å². The Labute approximate surface area is 130 Å². The summed E-state index contributed by atoms with van der Waals surface area (Å²) in [5.41, 5.74) is 1.55. The molecule has 0 amide bonds. The van der Waals surface area contributed by atoms with Gasteiger partial charge in [0.2, 0.25) is 4.96 Å². The number of anilines is 1. The van der Waals surface area contributed by atoms with Crippen molar-refractivity contribution in [1.82, 2.24) is 14.6 Å². The van der Waals surface area contributed by atoms with Gasteiger partial charge in [-0.25, -0.2) is 0 Å². The highest BCUT2D eigenvalue weighted by Crippen LogP contribution is 2.12. The Morgan fingerprint density at radius 1 is 1.18 bits per heavy atom. The standard InChI is InChI=1S/C15H14N4O2S/c1-9-13(20)16-15-19(17-9)14(21)12(22-15)8-10-4-6-11(7-5-10)18(2)3/h4-8H,1-3H3/b12-8-. The number of rotatable bonds is 2. The summed E-state index contributed by atoms with van der Waals surface area (Å²) in [6.45, 7) is 1.54. The zero-order valence-electron chi connectivity index (χ0n) is 12.4. The van der Waals surface area contributed by atoms with Gasteiger partial charge in [-0.1, -0.05) is 23.5 Å². The van der Waals surface area contributed by atoms with Gasteiger partial charge in [0.05, 0.1) is 4.53 Å². The van der Waals surface area contributed by atoms with Crippen LogP contribution in [-0.2, 0) is 0 Å². The van der Waals surface area contributed by atoms with Crippen LogP contribution in [0.15, 0.2) is 33.9 Å². The summed E-state index contributed by atoms with van der Waals surface area (Å²) < 4.78 is 1.68. The van der Waals surface area contributed by atoms with Crippen LogP contribution in [-0.4, -0.2) is 28.7 Å². The fraction of sp³-hybridized carbons (Fsp3) is 0.200. The van der Waals surface area contributed by atoms with Crippen LogP contribution in [0.4, 0.5) is 5.69 Å². The van der Waals surface area contributed by atoms with Gasteiger partial charge < -0.3 is 4.90 Å². The summed E-state index contributed by atoms with van der Waals surface area (Å²) in [7, 11) is 3.94. The molecular weight excluding hydrogens is 300 g/mol. The number of hydrogen-bond acceptors (Lipinski definition) is 6. The molecule has 0 N–H and O–H groups in total. The van der Waals surface area contributed by atoms with Crippen LogP contribution in [0.2, 0.25) is 0 Å². The van der Waals surface area contributed by atoms with Crippen LogP contribution in [0.1, 0.15) is 11.3 Å². The summed E-state index contributed by atoms with van der Waals surface area (Å²) in [6.07, 6.45) is 1.78. The van der Waals surface area contributed by atoms with E-state index in [0.717, 1.165) is 22.6 Å². The number of aryl methyl sites for hydroxylation is 1. The van der Waals surface area contributed by atoms with E-state index in [0.29, 0.717) is 9.49 Å². The fourth-order valence-corrected chi connectivity index (χ4v) is 2.91. The topological polar surface area (TPSA) is 67.6 Å². The maximum absolute atomic E-state index is 12.3. The lowest BCUT2D eigenvalue weighted by Crippen LogP contribution is -2.27. The SMILES string of the molecule is Cc1nn2c(=O)/c(=C/c3ccc(N(C)C)cc3)sc2nc1=O. The molecule has 0 unspecified atom stereocenters. The third-order valence-electron chi connectivity index (χ3n) is 3.25. The predicted molar refractivity (Wildman–Crippen MR) is 87.7 cm³/mol. The van der Waals surface area contributed by atoms with E-state index in [1.807, 2.05) is 43.3 Å². The number of thiazole rings is 1. The quantitative estimate of drug-likeness (QED) is 0.686. The lowest BCUT2D eigenvalue weighted by Gasteiger charge is -2.11. The van der Waals surface area contributed by atoms with Gasteiger partial charge in [-0.3, -0.25) is 9.59 Å². The number of fused-ring (bicyclic) bond motifs is 1. The van der Waals surface area contributed by atoms with Gasteiger partial charge in [-0.2, -0.15) is 14.6 Å². The van der Waals surface area contributed by atoms with E-state index in [9.17, 15) is 9.59 Å². The normalized spacial score (nSPS) is 12.0. The lowest BCUT2D eigenvalue weighted by atomic mass is 10.2. The van der Waals surface area contributed by atoms with Crippen LogP contribution in [0.25, 0.3) is 11.0 Å². The first-order chi connectivity index (χ1) is 10.5. The molecule has 0 saturated heterocycles. The first-order valence-electron chi connectivity index (χ1n) is 6.65. The van der Waals surface area contributed by atoms with Crippen molar-refractivity contribution in [2.24, 2.45) is 0 Å². The molecule has 0 aliphatic rings. The monoisotopic (exact) mass is 314 g/mol. The summed E-state index contributed by atoms with van der Waals surface area (Å²) in [5.74, 6) is 0. The summed E-state index contributed by atoms with van der Waals surface area (Å²) in [5, 5.41) is 3.99. The first kappa shape index (κ1) is 14.4. The molecule has 2 heterocycles. The Morgan fingerprint density at radius 3 is 2.50 bits per heavy atom. The number of nitrogens with zero attached hydrogens (tertiary/aromatic N) is 4. The van der Waals surface area contributed by atoms with Gasteiger partial charge in [-0.15, -0.1) is 0 Å². The van der Waals surface area contributed by atoms with Gasteiger partial charge in [0.25, 0.3) is 11.1 Å². The second-order valence-electron chi connectivity index (χ2n) is 5.10. The number of hydrogen-bond donors (Lipinski definition) is 0. The largest absolute Gasteiger partial charge is 0.378 e. The van der Waals surface area contributed by atoms with E-state index < -0.39 is 5.56 Å². The average molecular weight is 314 g/mol. The third kappa shape index (κ3) is 2.50. The molecule has 3 rings (SSSR count). The van der Waals surface area contributed by atoms with Crippen molar-refractivity contribution in [2.75, 3.05) is 19.0 Å². The number of benzene rings is 1. The van der Waals surface area contributed by atoms with Gasteiger partial charge in [0, 0.05) is 19.8 Å². The van der Waals surface area contributed by atoms with Crippen molar-refractivity contribution < 1.29 is 0 Å². The van der Waals surface area contributed by atoms with Gasteiger partial charge in [0.1, 0.15) is 5.69 Å². The molecule has 112 valence electrons. The minimum atomic E-state index is -0.400. The maximum atomic E-state index is 12.3. The molecule has 0 bridgehead atoms. The van der Waals surface area contributed by atoms with E-state index >= 15 is 0 Å². The lowest BCUT2D eigenvalue weighted by molar-refractivity contribution is 0.833. The molecular formula is C15H14N4O2S. The van der Waals surface area contributed by atoms with Gasteiger partial charge >= 0.3 is 0 Å². The van der Waals surface area contributed by atoms with Gasteiger partial charge in [-0.05, 0) is 30.7 Å². The Bertz CT molecular complexity index is 1000. The van der Waals surface area contributed by atoms with Crippen molar-refractivity contribution in [2.45, 2.75) is 6.92 Å². The van der Waals surface area contributed by atoms with Crippen molar-refractivity contribution in [1.29, 1.82) is 0 Å². The maximum Gasteiger partial charge on any atom is 0.295 e. The molecule has 7 heteroatoms. The summed E-state index contributed by atoms with van der Waals surface area (Å²) >= 11 is 1.16. The molecule has 0 saturated carbocycles. The van der Waals surface area contributed by atoms with Crippen LogP contribution in [0, 0.1) is 6.92 Å². The smallest absolute Gasteiger partial charge is 0.295 e. The Balaban J connectivity index is 2.15. The Kier molecular flexibility index (Phi) is 3.50. The van der Waals surface area contributed by atoms with Crippen molar-refractivity contribution in [3.8, 4) is 0 Å². The summed E-state index contributed by atoms with van der Waals surface area (Å²) in [6, 6.07) is 7.84. The molecule has 0 aliphatic heterocycles. The zero-order chi connectivity index (χ0) is 15.9. The van der Waals surface area contributed by atoms with Crippen LogP contribution in [0.5, 0.6) is 0 Å². The predicted octanol–water partition coefficient (Wildman–Crippen LogP) is 0.433. The van der Waals surface area contributed by atoms with Crippen LogP contribution < -0.4 is 20.6 Å². The minimum absolute atomic E-state index is 0.217. The van der Waals surface area contributed by atoms with E-state index in [4.69, 9.17) is 0 Å². The highest BCUT2D eigenvalue weighted by Gasteiger charge is 2.08. The summed E-state index contributed by atoms with van der Waals surface area (Å²) in [4.78, 5) is 30.0. The average Bonchev–Trinajstić information content (AvgIpc) is 2.77. The molecule has 3 aromatic rings. The molecule has 0 atom stereocenters. The third-order valence-corrected chi connectivity index (χ3v) is 4.21. The molecule has 0 aliphatic carbocycles. The first-order valence-corrected chi connectivity index (χ1v) is 7.47. The van der Waals surface area contributed by atoms with E-state index in [-0.39, 0.29) is 11.3 Å². The molecule has 22 heavy (non-hydrogen) atoms. The van der Waals surface area contributed by atoms with Crippen molar-refractivity contribution >= 4 is 28.1 Å². The molecule has 1 aromatic carbocycles. The molecule has 0 fully saturated rings. The van der Waals surface area contributed by atoms with E-state index in [1.54, 1.807) is 13.0 Å². The number of aromatic nitrogens is 3. The van der Waals surface area contributed by atoms with Crippen LogP contribution >= 0.6 is 11.3 Å². The Morgan fingerprint density at radius 2 is 1.86 bits per heavy atom.